The Morgan fingerprint density at radius 3 is 2.80 bits per heavy atom. The van der Waals surface area contributed by atoms with Crippen molar-refractivity contribution >= 4 is 5.71 Å². The quantitative estimate of drug-likeness (QED) is 0.699. The van der Waals surface area contributed by atoms with E-state index in [1.807, 2.05) is 0 Å². The van der Waals surface area contributed by atoms with Gasteiger partial charge in [0.1, 0.15) is 0 Å². The molecule has 2 heteroatoms. The summed E-state index contributed by atoms with van der Waals surface area (Å²) < 4.78 is 5.14. The standard InChI is InChI=1S/C13H25NO/c1-5-12-8-6-7-10(2)13(12)14-11(3)9-15-4/h10-12H,5-9H2,1-4H3. The van der Waals surface area contributed by atoms with E-state index in [1.165, 1.54) is 31.4 Å². The Morgan fingerprint density at radius 2 is 2.20 bits per heavy atom. The van der Waals surface area contributed by atoms with Crippen LogP contribution in [-0.2, 0) is 4.74 Å². The van der Waals surface area contributed by atoms with Crippen LogP contribution in [0.25, 0.3) is 0 Å². The first kappa shape index (κ1) is 12.7. The molecule has 88 valence electrons. The predicted octanol–water partition coefficient (Wildman–Crippen LogP) is 3.31. The number of methoxy groups -OCH3 is 1. The first-order valence-electron chi connectivity index (χ1n) is 6.25. The number of hydrogen-bond donors (Lipinski definition) is 0. The highest BCUT2D eigenvalue weighted by Gasteiger charge is 2.25. The molecule has 15 heavy (non-hydrogen) atoms. The molecule has 0 aliphatic heterocycles. The van der Waals surface area contributed by atoms with Gasteiger partial charge in [0, 0.05) is 12.8 Å². The van der Waals surface area contributed by atoms with Crippen molar-refractivity contribution in [3.63, 3.8) is 0 Å². The highest BCUT2D eigenvalue weighted by Crippen LogP contribution is 2.29. The summed E-state index contributed by atoms with van der Waals surface area (Å²) in [6.07, 6.45) is 5.26. The third-order valence-corrected chi connectivity index (χ3v) is 3.38. The minimum atomic E-state index is 0.319. The van der Waals surface area contributed by atoms with E-state index in [9.17, 15) is 0 Å². The largest absolute Gasteiger partial charge is 0.382 e. The predicted molar refractivity (Wildman–Crippen MR) is 65.6 cm³/mol. The Bertz CT molecular complexity index is 213. The molecule has 1 saturated carbocycles. The summed E-state index contributed by atoms with van der Waals surface area (Å²) in [6, 6.07) is 0.319. The monoisotopic (exact) mass is 211 g/mol. The van der Waals surface area contributed by atoms with Crippen molar-refractivity contribution in [2.75, 3.05) is 13.7 Å². The van der Waals surface area contributed by atoms with Crippen molar-refractivity contribution in [3.05, 3.63) is 0 Å². The summed E-state index contributed by atoms with van der Waals surface area (Å²) in [5.74, 6) is 1.41. The zero-order valence-electron chi connectivity index (χ0n) is 10.6. The average Bonchev–Trinajstić information content (AvgIpc) is 2.21. The molecule has 0 bridgehead atoms. The zero-order chi connectivity index (χ0) is 11.3. The topological polar surface area (TPSA) is 21.6 Å². The smallest absolute Gasteiger partial charge is 0.0704 e. The van der Waals surface area contributed by atoms with Crippen LogP contribution in [0, 0.1) is 11.8 Å². The summed E-state index contributed by atoms with van der Waals surface area (Å²) in [6.45, 7) is 7.48. The molecule has 3 atom stereocenters. The van der Waals surface area contributed by atoms with E-state index in [1.54, 1.807) is 7.11 Å². The van der Waals surface area contributed by atoms with Crippen molar-refractivity contribution in [2.45, 2.75) is 52.5 Å². The van der Waals surface area contributed by atoms with Crippen LogP contribution in [0.3, 0.4) is 0 Å². The van der Waals surface area contributed by atoms with Gasteiger partial charge in [0.25, 0.3) is 0 Å². The number of rotatable bonds is 4. The molecule has 0 aromatic heterocycles. The van der Waals surface area contributed by atoms with Gasteiger partial charge in [0.15, 0.2) is 0 Å². The molecule has 0 amide bonds. The highest BCUT2D eigenvalue weighted by molar-refractivity contribution is 5.89. The lowest BCUT2D eigenvalue weighted by molar-refractivity contribution is 0.185. The maximum absolute atomic E-state index is 5.14. The molecule has 1 aliphatic carbocycles. The summed E-state index contributed by atoms with van der Waals surface area (Å²) in [7, 11) is 1.75. The van der Waals surface area contributed by atoms with E-state index >= 15 is 0 Å². The molecule has 3 unspecified atom stereocenters. The first-order valence-corrected chi connectivity index (χ1v) is 6.25. The highest BCUT2D eigenvalue weighted by atomic mass is 16.5. The Morgan fingerprint density at radius 1 is 1.47 bits per heavy atom. The van der Waals surface area contributed by atoms with E-state index in [4.69, 9.17) is 9.73 Å². The third kappa shape index (κ3) is 3.60. The Kier molecular flexibility index (Phi) is 5.30. The first-order chi connectivity index (χ1) is 7.19. The minimum absolute atomic E-state index is 0.319. The second-order valence-corrected chi connectivity index (χ2v) is 4.80. The third-order valence-electron chi connectivity index (χ3n) is 3.38. The van der Waals surface area contributed by atoms with Crippen LogP contribution in [0.15, 0.2) is 4.99 Å². The van der Waals surface area contributed by atoms with E-state index in [-0.39, 0.29) is 0 Å². The lowest BCUT2D eigenvalue weighted by Crippen LogP contribution is -2.28. The second kappa shape index (κ2) is 6.26. The lowest BCUT2D eigenvalue weighted by atomic mass is 9.79. The van der Waals surface area contributed by atoms with Crippen LogP contribution in [-0.4, -0.2) is 25.5 Å². The summed E-state index contributed by atoms with van der Waals surface area (Å²) in [5, 5.41) is 0. The maximum Gasteiger partial charge on any atom is 0.0704 e. The summed E-state index contributed by atoms with van der Waals surface area (Å²) in [5.41, 5.74) is 1.45. The average molecular weight is 211 g/mol. The number of ether oxygens (including phenoxy) is 1. The molecule has 2 nitrogen and oxygen atoms in total. The summed E-state index contributed by atoms with van der Waals surface area (Å²) in [4.78, 5) is 4.85. The van der Waals surface area contributed by atoms with Crippen molar-refractivity contribution in [1.29, 1.82) is 0 Å². The molecule has 0 spiro atoms. The molecule has 0 heterocycles. The number of aliphatic imine (C=N–C) groups is 1. The van der Waals surface area contributed by atoms with Crippen LogP contribution < -0.4 is 0 Å². The molecule has 0 N–H and O–H groups in total. The van der Waals surface area contributed by atoms with Crippen molar-refractivity contribution in [1.82, 2.24) is 0 Å². The van der Waals surface area contributed by atoms with Gasteiger partial charge in [-0.3, -0.25) is 4.99 Å². The minimum Gasteiger partial charge on any atom is -0.382 e. The van der Waals surface area contributed by atoms with Crippen LogP contribution in [0.2, 0.25) is 0 Å². The summed E-state index contributed by atoms with van der Waals surface area (Å²) >= 11 is 0. The van der Waals surface area contributed by atoms with Crippen LogP contribution >= 0.6 is 0 Å². The molecule has 0 radical (unpaired) electrons. The van der Waals surface area contributed by atoms with Gasteiger partial charge < -0.3 is 4.74 Å². The van der Waals surface area contributed by atoms with Crippen LogP contribution in [0.4, 0.5) is 0 Å². The van der Waals surface area contributed by atoms with E-state index < -0.39 is 0 Å². The van der Waals surface area contributed by atoms with Crippen LogP contribution in [0.5, 0.6) is 0 Å². The fraction of sp³-hybridized carbons (Fsp3) is 0.923. The second-order valence-electron chi connectivity index (χ2n) is 4.80. The number of hydrogen-bond acceptors (Lipinski definition) is 2. The molecule has 0 saturated heterocycles. The fourth-order valence-electron chi connectivity index (χ4n) is 2.55. The van der Waals surface area contributed by atoms with Gasteiger partial charge in [-0.15, -0.1) is 0 Å². The molecule has 1 rings (SSSR count). The SMILES string of the molecule is CCC1CCCC(C)C1=NC(C)COC. The molecule has 0 aromatic rings. The fourth-order valence-corrected chi connectivity index (χ4v) is 2.55. The Hall–Kier alpha value is -0.370. The van der Waals surface area contributed by atoms with Crippen molar-refractivity contribution in [2.24, 2.45) is 16.8 Å². The number of nitrogens with zero attached hydrogens (tertiary/aromatic N) is 1. The van der Waals surface area contributed by atoms with Gasteiger partial charge in [-0.25, -0.2) is 0 Å². The Balaban J connectivity index is 2.67. The molecule has 1 fully saturated rings. The Labute approximate surface area is 94.1 Å². The van der Waals surface area contributed by atoms with Gasteiger partial charge in [-0.1, -0.05) is 20.3 Å². The van der Waals surface area contributed by atoms with Crippen molar-refractivity contribution in [3.8, 4) is 0 Å². The van der Waals surface area contributed by atoms with E-state index in [0.29, 0.717) is 12.0 Å². The van der Waals surface area contributed by atoms with Gasteiger partial charge in [0.05, 0.1) is 12.6 Å². The molecular weight excluding hydrogens is 186 g/mol. The lowest BCUT2D eigenvalue weighted by Gasteiger charge is -2.29. The molecular formula is C13H25NO. The van der Waals surface area contributed by atoms with Gasteiger partial charge in [-0.2, -0.15) is 0 Å². The van der Waals surface area contributed by atoms with Gasteiger partial charge in [0.2, 0.25) is 0 Å². The van der Waals surface area contributed by atoms with E-state index in [2.05, 4.69) is 20.8 Å². The van der Waals surface area contributed by atoms with Crippen LogP contribution in [0.1, 0.15) is 46.5 Å². The maximum atomic E-state index is 5.14. The van der Waals surface area contributed by atoms with Crippen molar-refractivity contribution < 1.29 is 4.74 Å². The van der Waals surface area contributed by atoms with Gasteiger partial charge >= 0.3 is 0 Å². The molecule has 0 aromatic carbocycles. The zero-order valence-corrected chi connectivity index (χ0v) is 10.6. The molecule has 1 aliphatic rings. The van der Waals surface area contributed by atoms with E-state index in [0.717, 1.165) is 12.5 Å². The van der Waals surface area contributed by atoms with Gasteiger partial charge in [-0.05, 0) is 38.0 Å². The normalized spacial score (nSPS) is 31.9.